The van der Waals surface area contributed by atoms with Crippen molar-refractivity contribution in [2.45, 2.75) is 26.7 Å². The molecule has 1 aromatic carbocycles. The van der Waals surface area contributed by atoms with Gasteiger partial charge in [0.25, 0.3) is 0 Å². The zero-order chi connectivity index (χ0) is 9.56. The van der Waals surface area contributed by atoms with Crippen molar-refractivity contribution in [3.05, 3.63) is 35.4 Å². The van der Waals surface area contributed by atoms with Crippen LogP contribution in [0.3, 0.4) is 0 Å². The minimum absolute atomic E-state index is 0.654. The third kappa shape index (κ3) is 3.31. The van der Waals surface area contributed by atoms with Gasteiger partial charge in [0.15, 0.2) is 0 Å². The summed E-state index contributed by atoms with van der Waals surface area (Å²) in [5.74, 6) is 0.654. The summed E-state index contributed by atoms with van der Waals surface area (Å²) >= 11 is 3.53. The van der Waals surface area contributed by atoms with Crippen LogP contribution in [0.2, 0.25) is 0 Å². The Morgan fingerprint density at radius 2 is 1.58 bits per heavy atom. The molecular formula is C11H18S. The van der Waals surface area contributed by atoms with E-state index in [2.05, 4.69) is 57.7 Å². The Morgan fingerprint density at radius 1 is 1.08 bits per heavy atom. The molecule has 0 spiro atoms. The number of rotatable bonds is 1. The van der Waals surface area contributed by atoms with Gasteiger partial charge in [-0.3, -0.25) is 0 Å². The molecule has 12 heavy (non-hydrogen) atoms. The molecule has 0 atom stereocenters. The topological polar surface area (TPSA) is 0 Å². The minimum Gasteiger partial charge on any atom is -0.183 e. The van der Waals surface area contributed by atoms with Gasteiger partial charge >= 0.3 is 0 Å². The Bertz CT molecular complexity index is 216. The molecule has 0 bridgehead atoms. The Labute approximate surface area is 81.4 Å². The van der Waals surface area contributed by atoms with E-state index in [1.807, 2.05) is 0 Å². The summed E-state index contributed by atoms with van der Waals surface area (Å²) in [6.45, 7) is 6.61. The molecule has 0 saturated heterocycles. The second-order valence-corrected chi connectivity index (χ2v) is 3.01. The quantitative estimate of drug-likeness (QED) is 0.629. The van der Waals surface area contributed by atoms with Gasteiger partial charge in [0.1, 0.15) is 0 Å². The van der Waals surface area contributed by atoms with Crippen LogP contribution in [-0.4, -0.2) is 6.26 Å². The molecule has 68 valence electrons. The fourth-order valence-electron chi connectivity index (χ4n) is 1.23. The molecule has 0 unspecified atom stereocenters. The molecule has 0 aliphatic carbocycles. The normalized spacial score (nSPS) is 9.17. The number of hydrogen-bond donors (Lipinski definition) is 1. The maximum Gasteiger partial charge on any atom is -0.0215 e. The lowest BCUT2D eigenvalue weighted by Gasteiger charge is -2.07. The molecule has 0 nitrogen and oxygen atoms in total. The molecule has 1 rings (SSSR count). The third-order valence-corrected chi connectivity index (χ3v) is 1.81. The van der Waals surface area contributed by atoms with Crippen LogP contribution in [0, 0.1) is 6.92 Å². The van der Waals surface area contributed by atoms with Gasteiger partial charge in [0, 0.05) is 0 Å². The Morgan fingerprint density at radius 3 is 1.92 bits per heavy atom. The number of aryl methyl sites for hydroxylation is 1. The zero-order valence-corrected chi connectivity index (χ0v) is 9.23. The fourth-order valence-corrected chi connectivity index (χ4v) is 1.23. The average Bonchev–Trinajstić information content (AvgIpc) is 2.08. The number of benzene rings is 1. The molecule has 0 radical (unpaired) electrons. The van der Waals surface area contributed by atoms with Crippen molar-refractivity contribution >= 4 is 12.6 Å². The predicted molar refractivity (Wildman–Crippen MR) is 60.2 cm³/mol. The summed E-state index contributed by atoms with van der Waals surface area (Å²) < 4.78 is 0. The van der Waals surface area contributed by atoms with Gasteiger partial charge in [0.05, 0.1) is 0 Å². The van der Waals surface area contributed by atoms with Gasteiger partial charge in [-0.2, -0.15) is 12.6 Å². The van der Waals surface area contributed by atoms with Crippen LogP contribution in [0.1, 0.15) is 30.9 Å². The van der Waals surface area contributed by atoms with E-state index in [4.69, 9.17) is 0 Å². The first-order chi connectivity index (χ1) is 5.72. The maximum atomic E-state index is 3.53. The average molecular weight is 182 g/mol. The van der Waals surface area contributed by atoms with Crippen LogP contribution in [0.15, 0.2) is 24.3 Å². The van der Waals surface area contributed by atoms with Crippen molar-refractivity contribution in [1.29, 1.82) is 0 Å². The van der Waals surface area contributed by atoms with Crippen molar-refractivity contribution in [2.24, 2.45) is 0 Å². The lowest BCUT2D eigenvalue weighted by Crippen LogP contribution is -1.89. The second kappa shape index (κ2) is 6.13. The lowest BCUT2D eigenvalue weighted by molar-refractivity contribution is 0.856. The highest BCUT2D eigenvalue weighted by atomic mass is 32.1. The van der Waals surface area contributed by atoms with E-state index in [1.54, 1.807) is 6.26 Å². The van der Waals surface area contributed by atoms with Crippen molar-refractivity contribution in [3.8, 4) is 0 Å². The molecule has 0 aromatic heterocycles. The highest BCUT2D eigenvalue weighted by Crippen LogP contribution is 2.17. The smallest absolute Gasteiger partial charge is 0.0215 e. The minimum atomic E-state index is 0.654. The van der Waals surface area contributed by atoms with Crippen LogP contribution in [-0.2, 0) is 0 Å². The van der Waals surface area contributed by atoms with Gasteiger partial charge in [-0.15, -0.1) is 0 Å². The molecule has 0 N–H and O–H groups in total. The van der Waals surface area contributed by atoms with Gasteiger partial charge in [-0.1, -0.05) is 38.1 Å². The molecular weight excluding hydrogens is 164 g/mol. The Balaban J connectivity index is 0.000000561. The van der Waals surface area contributed by atoms with E-state index in [-0.39, 0.29) is 0 Å². The largest absolute Gasteiger partial charge is 0.183 e. The molecule has 0 aliphatic rings. The second-order valence-electron chi connectivity index (χ2n) is 3.01. The first-order valence-corrected chi connectivity index (χ1v) is 5.11. The van der Waals surface area contributed by atoms with E-state index in [1.165, 1.54) is 11.1 Å². The standard InChI is InChI=1S/C10H14.CH4S/c1-8(2)10-7-5-4-6-9(10)3;1-2/h4-8H,1-3H3;2H,1H3. The zero-order valence-electron chi connectivity index (χ0n) is 8.33. The summed E-state index contributed by atoms with van der Waals surface area (Å²) in [5, 5.41) is 0. The summed E-state index contributed by atoms with van der Waals surface area (Å²) in [7, 11) is 0. The lowest BCUT2D eigenvalue weighted by atomic mass is 9.99. The van der Waals surface area contributed by atoms with Crippen molar-refractivity contribution < 1.29 is 0 Å². The summed E-state index contributed by atoms with van der Waals surface area (Å²) in [5.41, 5.74) is 2.86. The van der Waals surface area contributed by atoms with Gasteiger partial charge in [-0.05, 0) is 30.2 Å². The van der Waals surface area contributed by atoms with Gasteiger partial charge in [0.2, 0.25) is 0 Å². The molecule has 1 aromatic rings. The SMILES string of the molecule is CS.Cc1ccccc1C(C)C. The van der Waals surface area contributed by atoms with Crippen LogP contribution in [0.4, 0.5) is 0 Å². The molecule has 0 aliphatic heterocycles. The van der Waals surface area contributed by atoms with Gasteiger partial charge < -0.3 is 0 Å². The first kappa shape index (κ1) is 11.6. The van der Waals surface area contributed by atoms with Crippen LogP contribution in [0.25, 0.3) is 0 Å². The molecule has 0 amide bonds. The Hall–Kier alpha value is -0.430. The number of thiol groups is 1. The summed E-state index contributed by atoms with van der Waals surface area (Å²) in [4.78, 5) is 0. The first-order valence-electron chi connectivity index (χ1n) is 4.22. The van der Waals surface area contributed by atoms with Crippen molar-refractivity contribution in [3.63, 3.8) is 0 Å². The summed E-state index contributed by atoms with van der Waals surface area (Å²) in [6.07, 6.45) is 1.69. The molecule has 1 heteroatoms. The van der Waals surface area contributed by atoms with Crippen LogP contribution in [0.5, 0.6) is 0 Å². The van der Waals surface area contributed by atoms with E-state index in [0.29, 0.717) is 5.92 Å². The van der Waals surface area contributed by atoms with Gasteiger partial charge in [-0.25, -0.2) is 0 Å². The van der Waals surface area contributed by atoms with Crippen molar-refractivity contribution in [2.75, 3.05) is 6.26 Å². The van der Waals surface area contributed by atoms with E-state index >= 15 is 0 Å². The monoisotopic (exact) mass is 182 g/mol. The fraction of sp³-hybridized carbons (Fsp3) is 0.455. The van der Waals surface area contributed by atoms with Crippen LogP contribution >= 0.6 is 12.6 Å². The molecule has 0 heterocycles. The number of hydrogen-bond acceptors (Lipinski definition) is 1. The molecule has 0 fully saturated rings. The summed E-state index contributed by atoms with van der Waals surface area (Å²) in [6, 6.07) is 8.54. The maximum absolute atomic E-state index is 3.53. The molecule has 0 saturated carbocycles. The highest BCUT2D eigenvalue weighted by Gasteiger charge is 1.99. The van der Waals surface area contributed by atoms with E-state index in [9.17, 15) is 0 Å². The predicted octanol–water partition coefficient (Wildman–Crippen LogP) is 3.66. The van der Waals surface area contributed by atoms with E-state index < -0.39 is 0 Å². The van der Waals surface area contributed by atoms with Crippen LogP contribution < -0.4 is 0 Å². The highest BCUT2D eigenvalue weighted by molar-refractivity contribution is 7.79. The van der Waals surface area contributed by atoms with Crippen molar-refractivity contribution in [1.82, 2.24) is 0 Å². The Kier molecular flexibility index (Phi) is 5.91. The van der Waals surface area contributed by atoms with E-state index in [0.717, 1.165) is 0 Å². The third-order valence-electron chi connectivity index (χ3n) is 1.81.